The number of amidine groups is 1. The number of halogens is 1. The SMILES string of the molecule is CCN1CCN(c2ccc(F)cc2C(=N)N)CC1. The van der Waals surface area contributed by atoms with Crippen molar-refractivity contribution in [2.24, 2.45) is 5.73 Å². The van der Waals surface area contributed by atoms with Crippen molar-refractivity contribution in [1.82, 2.24) is 4.90 Å². The van der Waals surface area contributed by atoms with Gasteiger partial charge in [-0.2, -0.15) is 0 Å². The molecule has 1 aliphatic heterocycles. The number of nitrogens with one attached hydrogen (secondary N) is 1. The van der Waals surface area contributed by atoms with Gasteiger partial charge in [0, 0.05) is 37.4 Å². The third kappa shape index (κ3) is 2.61. The van der Waals surface area contributed by atoms with Crippen molar-refractivity contribution in [3.05, 3.63) is 29.6 Å². The highest BCUT2D eigenvalue weighted by molar-refractivity contribution is 6.00. The quantitative estimate of drug-likeness (QED) is 0.627. The van der Waals surface area contributed by atoms with Crippen LogP contribution in [-0.2, 0) is 0 Å². The first-order chi connectivity index (χ1) is 8.61. The maximum Gasteiger partial charge on any atom is 0.125 e. The van der Waals surface area contributed by atoms with Gasteiger partial charge in [0.1, 0.15) is 11.7 Å². The molecule has 98 valence electrons. The smallest absolute Gasteiger partial charge is 0.125 e. The summed E-state index contributed by atoms with van der Waals surface area (Å²) in [6.07, 6.45) is 0. The van der Waals surface area contributed by atoms with Crippen LogP contribution in [-0.4, -0.2) is 43.5 Å². The molecule has 1 aliphatic rings. The van der Waals surface area contributed by atoms with Crippen LogP contribution in [0.5, 0.6) is 0 Å². The number of rotatable bonds is 3. The van der Waals surface area contributed by atoms with Gasteiger partial charge in [-0.1, -0.05) is 6.92 Å². The van der Waals surface area contributed by atoms with E-state index in [1.54, 1.807) is 6.07 Å². The highest BCUT2D eigenvalue weighted by Crippen LogP contribution is 2.22. The van der Waals surface area contributed by atoms with E-state index in [-0.39, 0.29) is 11.7 Å². The Balaban J connectivity index is 2.21. The van der Waals surface area contributed by atoms with Crippen LogP contribution in [0.1, 0.15) is 12.5 Å². The van der Waals surface area contributed by atoms with Gasteiger partial charge < -0.3 is 15.5 Å². The monoisotopic (exact) mass is 250 g/mol. The van der Waals surface area contributed by atoms with E-state index in [0.717, 1.165) is 38.4 Å². The predicted molar refractivity (Wildman–Crippen MR) is 71.7 cm³/mol. The van der Waals surface area contributed by atoms with Crippen LogP contribution in [0, 0.1) is 11.2 Å². The molecular weight excluding hydrogens is 231 g/mol. The minimum absolute atomic E-state index is 0.0811. The molecule has 1 aromatic rings. The van der Waals surface area contributed by atoms with Crippen molar-refractivity contribution in [3.8, 4) is 0 Å². The maximum atomic E-state index is 13.2. The first-order valence-corrected chi connectivity index (χ1v) is 6.23. The van der Waals surface area contributed by atoms with Crippen molar-refractivity contribution in [2.75, 3.05) is 37.6 Å². The minimum Gasteiger partial charge on any atom is -0.384 e. The molecule has 3 N–H and O–H groups in total. The second-order valence-electron chi connectivity index (χ2n) is 4.50. The van der Waals surface area contributed by atoms with Gasteiger partial charge in [0.2, 0.25) is 0 Å². The van der Waals surface area contributed by atoms with Crippen molar-refractivity contribution in [2.45, 2.75) is 6.92 Å². The summed E-state index contributed by atoms with van der Waals surface area (Å²) in [5, 5.41) is 7.54. The van der Waals surface area contributed by atoms with E-state index in [9.17, 15) is 4.39 Å². The molecule has 1 saturated heterocycles. The second kappa shape index (κ2) is 5.35. The fraction of sp³-hybridized carbons (Fsp3) is 0.462. The van der Waals surface area contributed by atoms with E-state index in [1.807, 2.05) is 0 Å². The van der Waals surface area contributed by atoms with Crippen LogP contribution in [0.3, 0.4) is 0 Å². The van der Waals surface area contributed by atoms with Gasteiger partial charge in [0.25, 0.3) is 0 Å². The highest BCUT2D eigenvalue weighted by atomic mass is 19.1. The molecule has 0 amide bonds. The van der Waals surface area contributed by atoms with Gasteiger partial charge in [-0.25, -0.2) is 4.39 Å². The van der Waals surface area contributed by atoms with Gasteiger partial charge in [-0.15, -0.1) is 0 Å². The molecule has 1 aromatic carbocycles. The first-order valence-electron chi connectivity index (χ1n) is 6.23. The topological polar surface area (TPSA) is 56.4 Å². The lowest BCUT2D eigenvalue weighted by atomic mass is 10.1. The molecule has 0 aliphatic carbocycles. The number of hydrogen-bond donors (Lipinski definition) is 2. The van der Waals surface area contributed by atoms with Crippen LogP contribution in [0.2, 0.25) is 0 Å². The number of likely N-dealkylation sites (N-methyl/N-ethyl adjacent to an activating group) is 1. The van der Waals surface area contributed by atoms with E-state index in [2.05, 4.69) is 16.7 Å². The van der Waals surface area contributed by atoms with Gasteiger partial charge in [0.05, 0.1) is 0 Å². The van der Waals surface area contributed by atoms with Gasteiger partial charge in [0.15, 0.2) is 0 Å². The molecule has 0 saturated carbocycles. The summed E-state index contributed by atoms with van der Waals surface area (Å²) < 4.78 is 13.2. The Kier molecular flexibility index (Phi) is 3.81. The van der Waals surface area contributed by atoms with Crippen molar-refractivity contribution in [1.29, 1.82) is 5.41 Å². The van der Waals surface area contributed by atoms with Crippen molar-refractivity contribution >= 4 is 11.5 Å². The van der Waals surface area contributed by atoms with E-state index in [4.69, 9.17) is 11.1 Å². The standard InChI is InChI=1S/C13H19FN4/c1-2-17-5-7-18(8-6-17)12-4-3-10(14)9-11(12)13(15)16/h3-4,9H,2,5-8H2,1H3,(H3,15,16). The Morgan fingerprint density at radius 2 is 2.00 bits per heavy atom. The largest absolute Gasteiger partial charge is 0.384 e. The fourth-order valence-electron chi connectivity index (χ4n) is 2.30. The summed E-state index contributed by atoms with van der Waals surface area (Å²) in [5.74, 6) is -0.432. The molecule has 0 atom stereocenters. The third-order valence-corrected chi connectivity index (χ3v) is 3.41. The Morgan fingerprint density at radius 3 is 2.56 bits per heavy atom. The summed E-state index contributed by atoms with van der Waals surface area (Å²) in [6, 6.07) is 4.48. The number of hydrogen-bond acceptors (Lipinski definition) is 3. The molecule has 0 unspecified atom stereocenters. The Hall–Kier alpha value is -1.62. The molecule has 1 heterocycles. The summed E-state index contributed by atoms with van der Waals surface area (Å²) in [5.41, 5.74) is 6.87. The van der Waals surface area contributed by atoms with Crippen LogP contribution >= 0.6 is 0 Å². The minimum atomic E-state index is -0.351. The first kappa shape index (κ1) is 12.8. The lowest BCUT2D eigenvalue weighted by molar-refractivity contribution is 0.271. The molecule has 18 heavy (non-hydrogen) atoms. The second-order valence-corrected chi connectivity index (χ2v) is 4.50. The number of nitrogens with zero attached hydrogens (tertiary/aromatic N) is 2. The number of piperazine rings is 1. The average molecular weight is 250 g/mol. The van der Waals surface area contributed by atoms with Crippen LogP contribution in [0.15, 0.2) is 18.2 Å². The number of nitrogens with two attached hydrogens (primary N) is 1. The highest BCUT2D eigenvalue weighted by Gasteiger charge is 2.19. The molecule has 2 rings (SSSR count). The molecule has 5 heteroatoms. The van der Waals surface area contributed by atoms with E-state index >= 15 is 0 Å². The number of benzene rings is 1. The fourth-order valence-corrected chi connectivity index (χ4v) is 2.30. The number of anilines is 1. The zero-order valence-electron chi connectivity index (χ0n) is 10.6. The van der Waals surface area contributed by atoms with Crippen LogP contribution in [0.4, 0.5) is 10.1 Å². The van der Waals surface area contributed by atoms with Crippen molar-refractivity contribution in [3.63, 3.8) is 0 Å². The average Bonchev–Trinajstić information content (AvgIpc) is 2.39. The predicted octanol–water partition coefficient (Wildman–Crippen LogP) is 1.25. The molecule has 4 nitrogen and oxygen atoms in total. The summed E-state index contributed by atoms with van der Waals surface area (Å²) in [7, 11) is 0. The molecule has 0 aromatic heterocycles. The van der Waals surface area contributed by atoms with Gasteiger partial charge >= 0.3 is 0 Å². The normalized spacial score (nSPS) is 16.9. The summed E-state index contributed by atoms with van der Waals surface area (Å²) in [6.45, 7) is 6.96. The van der Waals surface area contributed by atoms with Crippen LogP contribution < -0.4 is 10.6 Å². The van der Waals surface area contributed by atoms with E-state index < -0.39 is 0 Å². The Morgan fingerprint density at radius 1 is 1.33 bits per heavy atom. The molecule has 0 spiro atoms. The zero-order chi connectivity index (χ0) is 13.1. The van der Waals surface area contributed by atoms with Crippen LogP contribution in [0.25, 0.3) is 0 Å². The molecular formula is C13H19FN4. The number of nitrogen functional groups attached to an aromatic ring is 1. The maximum absolute atomic E-state index is 13.2. The molecule has 0 radical (unpaired) electrons. The Bertz CT molecular complexity index is 439. The van der Waals surface area contributed by atoms with Gasteiger partial charge in [-0.05, 0) is 24.7 Å². The lowest BCUT2D eigenvalue weighted by Gasteiger charge is -2.36. The molecule has 0 bridgehead atoms. The third-order valence-electron chi connectivity index (χ3n) is 3.41. The van der Waals surface area contributed by atoms with Gasteiger partial charge in [-0.3, -0.25) is 5.41 Å². The Labute approximate surface area is 107 Å². The van der Waals surface area contributed by atoms with E-state index in [0.29, 0.717) is 5.56 Å². The zero-order valence-corrected chi connectivity index (χ0v) is 10.6. The van der Waals surface area contributed by atoms with E-state index in [1.165, 1.54) is 12.1 Å². The summed E-state index contributed by atoms with van der Waals surface area (Å²) in [4.78, 5) is 4.54. The molecule has 1 fully saturated rings. The van der Waals surface area contributed by atoms with Crippen molar-refractivity contribution < 1.29 is 4.39 Å². The summed E-state index contributed by atoms with van der Waals surface area (Å²) >= 11 is 0. The lowest BCUT2D eigenvalue weighted by Crippen LogP contribution is -2.46.